The quantitative estimate of drug-likeness (QED) is 0.582. The molecule has 182 valence electrons. The fourth-order valence-electron chi connectivity index (χ4n) is 3.66. The van der Waals surface area contributed by atoms with Gasteiger partial charge in [-0.05, 0) is 44.2 Å². The molecule has 0 unspecified atom stereocenters. The summed E-state index contributed by atoms with van der Waals surface area (Å²) in [5.74, 6) is -0.228. The lowest BCUT2D eigenvalue weighted by molar-refractivity contribution is 0.0904. The topological polar surface area (TPSA) is 104 Å². The van der Waals surface area contributed by atoms with Crippen molar-refractivity contribution in [1.29, 1.82) is 0 Å². The van der Waals surface area contributed by atoms with E-state index in [-0.39, 0.29) is 41.2 Å². The third-order valence-electron chi connectivity index (χ3n) is 5.80. The third-order valence-corrected chi connectivity index (χ3v) is 10.1. The van der Waals surface area contributed by atoms with E-state index < -0.39 is 32.2 Å². The van der Waals surface area contributed by atoms with E-state index in [0.717, 1.165) is 5.56 Å². The minimum atomic E-state index is -3.94. The highest BCUT2D eigenvalue weighted by Crippen LogP contribution is 2.35. The molecular formula is C22H29BrN2O6S2. The molecule has 0 saturated heterocycles. The van der Waals surface area contributed by atoms with E-state index in [0.29, 0.717) is 4.47 Å². The number of likely N-dealkylation sites (N-methyl/N-ethyl adjacent to an activating group) is 1. The first kappa shape index (κ1) is 26.1. The predicted octanol–water partition coefficient (Wildman–Crippen LogP) is 2.85. The molecule has 1 aliphatic heterocycles. The fraction of sp³-hybridized carbons (Fsp3) is 0.455. The first-order valence-corrected chi connectivity index (χ1v) is 14.2. The summed E-state index contributed by atoms with van der Waals surface area (Å²) in [6.45, 7) is 5.08. The standard InChI is InChI=1S/C22H29BrN2O6S2/c1-15-5-8-19(9-6-15)32(27,28)24(4)13-21-16(2)12-25(17(3)14-26)33(29,30)22-10-7-18(23)11-20(22)31-21/h5-11,16-17,21,26H,12-14H2,1-4H3/t16-,17+,21-/m0/s1. The highest BCUT2D eigenvalue weighted by Gasteiger charge is 2.39. The van der Waals surface area contributed by atoms with Crippen LogP contribution in [0.25, 0.3) is 0 Å². The molecule has 3 rings (SSSR count). The van der Waals surface area contributed by atoms with Gasteiger partial charge in [-0.1, -0.05) is 40.5 Å². The summed E-state index contributed by atoms with van der Waals surface area (Å²) in [7, 11) is -6.22. The maximum Gasteiger partial charge on any atom is 0.247 e. The lowest BCUT2D eigenvalue weighted by Crippen LogP contribution is -2.50. The monoisotopic (exact) mass is 560 g/mol. The van der Waals surface area contributed by atoms with E-state index in [4.69, 9.17) is 4.74 Å². The largest absolute Gasteiger partial charge is 0.487 e. The summed E-state index contributed by atoms with van der Waals surface area (Å²) in [4.78, 5) is 0.155. The van der Waals surface area contributed by atoms with Gasteiger partial charge in [0.25, 0.3) is 0 Å². The van der Waals surface area contributed by atoms with Gasteiger partial charge >= 0.3 is 0 Å². The van der Waals surface area contributed by atoms with Crippen LogP contribution in [0, 0.1) is 12.8 Å². The van der Waals surface area contributed by atoms with Crippen molar-refractivity contribution in [3.05, 3.63) is 52.5 Å². The zero-order chi connectivity index (χ0) is 24.6. The predicted molar refractivity (Wildman–Crippen MR) is 129 cm³/mol. The Kier molecular flexibility index (Phi) is 7.92. The van der Waals surface area contributed by atoms with Crippen LogP contribution in [0.5, 0.6) is 5.75 Å². The van der Waals surface area contributed by atoms with Crippen LogP contribution in [0.2, 0.25) is 0 Å². The minimum absolute atomic E-state index is 0.0186. The molecule has 1 heterocycles. The smallest absolute Gasteiger partial charge is 0.247 e. The van der Waals surface area contributed by atoms with Crippen LogP contribution in [-0.2, 0) is 20.0 Å². The minimum Gasteiger partial charge on any atom is -0.487 e. The molecule has 0 spiro atoms. The van der Waals surface area contributed by atoms with Crippen molar-refractivity contribution in [1.82, 2.24) is 8.61 Å². The molecule has 0 radical (unpaired) electrons. The second-order valence-corrected chi connectivity index (χ2v) is 13.2. The number of ether oxygens (including phenoxy) is 1. The molecule has 0 bridgehead atoms. The van der Waals surface area contributed by atoms with Gasteiger partial charge in [0.05, 0.1) is 18.0 Å². The lowest BCUT2D eigenvalue weighted by Gasteiger charge is -2.37. The summed E-state index contributed by atoms with van der Waals surface area (Å²) >= 11 is 3.35. The molecule has 0 aliphatic carbocycles. The van der Waals surface area contributed by atoms with Gasteiger partial charge in [-0.25, -0.2) is 16.8 Å². The maximum absolute atomic E-state index is 13.3. The number of hydrogen-bond acceptors (Lipinski definition) is 6. The third kappa shape index (κ3) is 5.44. The van der Waals surface area contributed by atoms with Gasteiger partial charge in [-0.3, -0.25) is 0 Å². The van der Waals surface area contributed by atoms with E-state index in [1.54, 1.807) is 43.3 Å². The molecular weight excluding hydrogens is 532 g/mol. The zero-order valence-corrected chi connectivity index (χ0v) is 22.2. The SMILES string of the molecule is Cc1ccc(S(=O)(=O)N(C)C[C@@H]2Oc3cc(Br)ccc3S(=O)(=O)N([C@H](C)CO)C[C@@H]2C)cc1. The number of benzene rings is 2. The molecule has 0 aromatic heterocycles. The number of halogens is 1. The summed E-state index contributed by atoms with van der Waals surface area (Å²) < 4.78 is 62.2. The average Bonchev–Trinajstić information content (AvgIpc) is 2.75. The van der Waals surface area contributed by atoms with E-state index in [9.17, 15) is 21.9 Å². The van der Waals surface area contributed by atoms with Gasteiger partial charge in [0.2, 0.25) is 20.0 Å². The summed E-state index contributed by atoms with van der Waals surface area (Å²) in [6, 6.07) is 10.6. The lowest BCUT2D eigenvalue weighted by atomic mass is 10.0. The van der Waals surface area contributed by atoms with Gasteiger partial charge in [0.1, 0.15) is 16.7 Å². The van der Waals surface area contributed by atoms with Crippen LogP contribution in [0.4, 0.5) is 0 Å². The normalized spacial score (nSPS) is 22.2. The Morgan fingerprint density at radius 3 is 2.48 bits per heavy atom. The number of aliphatic hydroxyl groups is 1. The van der Waals surface area contributed by atoms with Crippen molar-refractivity contribution >= 4 is 36.0 Å². The van der Waals surface area contributed by atoms with Gasteiger partial charge in [0.15, 0.2) is 0 Å². The number of nitrogens with zero attached hydrogens (tertiary/aromatic N) is 2. The maximum atomic E-state index is 13.3. The zero-order valence-electron chi connectivity index (χ0n) is 19.0. The number of sulfonamides is 2. The highest BCUT2D eigenvalue weighted by molar-refractivity contribution is 9.10. The van der Waals surface area contributed by atoms with Crippen LogP contribution in [0.1, 0.15) is 19.4 Å². The van der Waals surface area contributed by atoms with Crippen LogP contribution in [-0.4, -0.2) is 69.4 Å². The summed E-state index contributed by atoms with van der Waals surface area (Å²) in [5, 5.41) is 9.69. The molecule has 2 aromatic carbocycles. The van der Waals surface area contributed by atoms with Crippen molar-refractivity contribution < 1.29 is 26.7 Å². The molecule has 8 nitrogen and oxygen atoms in total. The Morgan fingerprint density at radius 1 is 1.24 bits per heavy atom. The number of hydrogen-bond donors (Lipinski definition) is 1. The highest BCUT2D eigenvalue weighted by atomic mass is 79.9. The molecule has 3 atom stereocenters. The number of aliphatic hydroxyl groups excluding tert-OH is 1. The first-order chi connectivity index (χ1) is 15.4. The summed E-state index contributed by atoms with van der Waals surface area (Å²) in [6.07, 6.45) is -0.632. The Bertz CT molecular complexity index is 1200. The van der Waals surface area contributed by atoms with Crippen LogP contribution < -0.4 is 4.74 Å². The fourth-order valence-corrected chi connectivity index (χ4v) is 7.01. The van der Waals surface area contributed by atoms with Crippen molar-refractivity contribution in [2.45, 2.75) is 42.7 Å². The van der Waals surface area contributed by atoms with E-state index in [1.807, 2.05) is 13.8 Å². The molecule has 0 saturated carbocycles. The van der Waals surface area contributed by atoms with Crippen molar-refractivity contribution in [2.75, 3.05) is 26.7 Å². The van der Waals surface area contributed by atoms with Gasteiger partial charge < -0.3 is 9.84 Å². The molecule has 0 fully saturated rings. The van der Waals surface area contributed by atoms with Gasteiger partial charge in [-0.2, -0.15) is 8.61 Å². The van der Waals surface area contributed by atoms with Crippen LogP contribution in [0.3, 0.4) is 0 Å². The summed E-state index contributed by atoms with van der Waals surface area (Å²) in [5.41, 5.74) is 0.954. The number of aryl methyl sites for hydroxylation is 1. The van der Waals surface area contributed by atoms with Crippen molar-refractivity contribution in [3.8, 4) is 5.75 Å². The Morgan fingerprint density at radius 2 is 1.88 bits per heavy atom. The van der Waals surface area contributed by atoms with Crippen LogP contribution >= 0.6 is 15.9 Å². The first-order valence-electron chi connectivity index (χ1n) is 10.5. The Hall–Kier alpha value is -1.50. The van der Waals surface area contributed by atoms with Crippen LogP contribution in [0.15, 0.2) is 56.7 Å². The van der Waals surface area contributed by atoms with E-state index in [2.05, 4.69) is 15.9 Å². The number of fused-ring (bicyclic) bond motifs is 1. The Labute approximate surface area is 204 Å². The molecule has 33 heavy (non-hydrogen) atoms. The van der Waals surface area contributed by atoms with E-state index in [1.165, 1.54) is 21.7 Å². The van der Waals surface area contributed by atoms with E-state index >= 15 is 0 Å². The van der Waals surface area contributed by atoms with Gasteiger partial charge in [-0.15, -0.1) is 0 Å². The molecule has 2 aromatic rings. The second kappa shape index (κ2) is 10.0. The average molecular weight is 562 g/mol. The molecule has 0 amide bonds. The number of rotatable bonds is 6. The van der Waals surface area contributed by atoms with Crippen molar-refractivity contribution in [2.24, 2.45) is 5.92 Å². The van der Waals surface area contributed by atoms with Crippen molar-refractivity contribution in [3.63, 3.8) is 0 Å². The van der Waals surface area contributed by atoms with Gasteiger partial charge in [0, 0.05) is 30.0 Å². The molecule has 1 N–H and O–H groups in total. The molecule has 1 aliphatic rings. The molecule has 11 heteroatoms. The Balaban J connectivity index is 2.00. The second-order valence-electron chi connectivity index (χ2n) is 8.43.